The van der Waals surface area contributed by atoms with Gasteiger partial charge in [-0.05, 0) is 12.1 Å². The quantitative estimate of drug-likeness (QED) is 0.556. The number of hydrogen-bond acceptors (Lipinski definition) is 3. The van der Waals surface area contributed by atoms with Crippen LogP contribution in [0.3, 0.4) is 0 Å². The summed E-state index contributed by atoms with van der Waals surface area (Å²) in [6.07, 6.45) is 0. The van der Waals surface area contributed by atoms with E-state index in [0.29, 0.717) is 5.69 Å². The van der Waals surface area contributed by atoms with E-state index in [1.54, 1.807) is 18.2 Å². The van der Waals surface area contributed by atoms with Crippen LogP contribution < -0.4 is 5.32 Å². The summed E-state index contributed by atoms with van der Waals surface area (Å²) in [6.45, 7) is -0.589. The molecule has 0 saturated carbocycles. The van der Waals surface area contributed by atoms with Crippen LogP contribution in [-0.2, 0) is 4.79 Å². The number of aromatic hydroxyl groups is 1. The Morgan fingerprint density at radius 1 is 1.42 bits per heavy atom. The van der Waals surface area contributed by atoms with Gasteiger partial charge in [0, 0.05) is 0 Å². The Hall–Kier alpha value is -1.55. The maximum atomic E-state index is 10.7. The predicted octanol–water partition coefficient (Wildman–Crippen LogP) is 0.323. The van der Waals surface area contributed by atoms with Crippen molar-refractivity contribution in [3.05, 3.63) is 24.3 Å². The number of phenolic OH excluding ortho intramolecular Hbond substituents is 1. The lowest BCUT2D eigenvalue weighted by atomic mass is 10.3. The van der Waals surface area contributed by atoms with Gasteiger partial charge in [0.25, 0.3) is 0 Å². The molecule has 0 radical (unpaired) electrons. The number of hydrogen-bond donors (Lipinski definition) is 3. The van der Waals surface area contributed by atoms with Crippen LogP contribution >= 0.6 is 0 Å². The van der Waals surface area contributed by atoms with E-state index in [9.17, 15) is 4.79 Å². The molecule has 0 aliphatic heterocycles. The molecule has 1 aromatic carbocycles. The number of para-hydroxylation sites is 2. The monoisotopic (exact) mass is 167 g/mol. The van der Waals surface area contributed by atoms with Crippen LogP contribution in [0.1, 0.15) is 0 Å². The Labute approximate surface area is 69.5 Å². The second kappa shape index (κ2) is 3.73. The molecule has 0 bridgehead atoms. The Bertz CT molecular complexity index is 285. The van der Waals surface area contributed by atoms with Crippen LogP contribution in [0.25, 0.3) is 0 Å². The third-order valence-corrected chi connectivity index (χ3v) is 1.32. The van der Waals surface area contributed by atoms with Crippen molar-refractivity contribution in [3.8, 4) is 5.75 Å². The van der Waals surface area contributed by atoms with Crippen LogP contribution in [0.2, 0.25) is 0 Å². The van der Waals surface area contributed by atoms with Crippen molar-refractivity contribution >= 4 is 11.6 Å². The van der Waals surface area contributed by atoms with Gasteiger partial charge in [0.05, 0.1) is 5.69 Å². The number of carbonyl (C=O) groups is 1. The molecular formula is C8H9NO3. The SMILES string of the molecule is O=C(CO)Nc1ccccc1O. The van der Waals surface area contributed by atoms with Crippen LogP contribution in [0, 0.1) is 0 Å². The fraction of sp³-hybridized carbons (Fsp3) is 0.125. The van der Waals surface area contributed by atoms with E-state index in [1.165, 1.54) is 6.07 Å². The smallest absolute Gasteiger partial charge is 0.250 e. The van der Waals surface area contributed by atoms with Gasteiger partial charge in [-0.25, -0.2) is 0 Å². The lowest BCUT2D eigenvalue weighted by Gasteiger charge is -2.03. The maximum Gasteiger partial charge on any atom is 0.250 e. The summed E-state index contributed by atoms with van der Waals surface area (Å²) in [7, 11) is 0. The molecule has 4 nitrogen and oxygen atoms in total. The minimum absolute atomic E-state index is 0.0145. The summed E-state index contributed by atoms with van der Waals surface area (Å²) in [5.74, 6) is -0.559. The van der Waals surface area contributed by atoms with Crippen LogP contribution in [0.4, 0.5) is 5.69 Å². The molecule has 0 fully saturated rings. The largest absolute Gasteiger partial charge is 0.506 e. The van der Waals surface area contributed by atoms with E-state index in [4.69, 9.17) is 10.2 Å². The molecule has 0 aliphatic carbocycles. The van der Waals surface area contributed by atoms with Gasteiger partial charge in [-0.3, -0.25) is 4.79 Å². The zero-order valence-corrected chi connectivity index (χ0v) is 6.32. The highest BCUT2D eigenvalue weighted by Gasteiger charge is 2.02. The van der Waals surface area contributed by atoms with E-state index in [2.05, 4.69) is 5.32 Å². The van der Waals surface area contributed by atoms with Crippen molar-refractivity contribution in [2.75, 3.05) is 11.9 Å². The summed E-state index contributed by atoms with van der Waals surface area (Å²) in [5.41, 5.74) is 0.302. The number of anilines is 1. The number of phenols is 1. The van der Waals surface area contributed by atoms with Gasteiger partial charge in [-0.2, -0.15) is 0 Å². The van der Waals surface area contributed by atoms with Crippen molar-refractivity contribution in [2.24, 2.45) is 0 Å². The van der Waals surface area contributed by atoms with Crippen molar-refractivity contribution in [3.63, 3.8) is 0 Å². The van der Waals surface area contributed by atoms with Crippen molar-refractivity contribution in [1.82, 2.24) is 0 Å². The van der Waals surface area contributed by atoms with Gasteiger partial charge in [-0.1, -0.05) is 12.1 Å². The van der Waals surface area contributed by atoms with Gasteiger partial charge in [-0.15, -0.1) is 0 Å². The molecule has 0 spiro atoms. The summed E-state index contributed by atoms with van der Waals surface area (Å²) < 4.78 is 0. The van der Waals surface area contributed by atoms with Crippen molar-refractivity contribution in [2.45, 2.75) is 0 Å². The highest BCUT2D eigenvalue weighted by atomic mass is 16.3. The van der Waals surface area contributed by atoms with Gasteiger partial charge >= 0.3 is 0 Å². The second-order valence-corrected chi connectivity index (χ2v) is 2.22. The Morgan fingerprint density at radius 3 is 2.67 bits per heavy atom. The number of nitrogens with one attached hydrogen (secondary N) is 1. The van der Waals surface area contributed by atoms with Crippen LogP contribution in [0.15, 0.2) is 24.3 Å². The normalized spacial score (nSPS) is 9.42. The summed E-state index contributed by atoms with van der Waals surface area (Å²) >= 11 is 0. The molecule has 0 aliphatic rings. The summed E-state index contributed by atoms with van der Waals surface area (Å²) in [6, 6.07) is 6.31. The lowest BCUT2D eigenvalue weighted by molar-refractivity contribution is -0.118. The average Bonchev–Trinajstić information content (AvgIpc) is 2.09. The number of aliphatic hydroxyl groups is 1. The highest BCUT2D eigenvalue weighted by molar-refractivity contribution is 5.92. The molecule has 0 saturated heterocycles. The number of benzene rings is 1. The molecule has 1 rings (SSSR count). The molecule has 3 N–H and O–H groups in total. The van der Waals surface area contributed by atoms with Crippen LogP contribution in [0.5, 0.6) is 5.75 Å². The Kier molecular flexibility index (Phi) is 2.66. The lowest BCUT2D eigenvalue weighted by Crippen LogP contribution is -2.15. The van der Waals surface area contributed by atoms with E-state index < -0.39 is 12.5 Å². The Balaban J connectivity index is 2.75. The summed E-state index contributed by atoms with van der Waals surface area (Å²) in [4.78, 5) is 10.7. The van der Waals surface area contributed by atoms with E-state index in [0.717, 1.165) is 0 Å². The molecule has 0 heterocycles. The minimum Gasteiger partial charge on any atom is -0.506 e. The van der Waals surface area contributed by atoms with Gasteiger partial charge in [0.1, 0.15) is 12.4 Å². The van der Waals surface area contributed by atoms with Gasteiger partial charge in [0.2, 0.25) is 5.91 Å². The molecule has 0 atom stereocenters. The van der Waals surface area contributed by atoms with Crippen LogP contribution in [-0.4, -0.2) is 22.7 Å². The molecule has 1 amide bonds. The average molecular weight is 167 g/mol. The third kappa shape index (κ3) is 1.96. The number of rotatable bonds is 2. The van der Waals surface area contributed by atoms with Gasteiger partial charge in [0.15, 0.2) is 0 Å². The molecule has 12 heavy (non-hydrogen) atoms. The topological polar surface area (TPSA) is 69.6 Å². The maximum absolute atomic E-state index is 10.7. The van der Waals surface area contributed by atoms with E-state index in [1.807, 2.05) is 0 Å². The standard InChI is InChI=1S/C8H9NO3/c10-5-8(12)9-6-3-1-2-4-7(6)11/h1-4,10-11H,5H2,(H,9,12). The molecule has 0 unspecified atom stereocenters. The first-order valence-corrected chi connectivity index (χ1v) is 3.42. The third-order valence-electron chi connectivity index (χ3n) is 1.32. The number of aliphatic hydroxyl groups excluding tert-OH is 1. The molecule has 4 heteroatoms. The van der Waals surface area contributed by atoms with Crippen molar-refractivity contribution in [1.29, 1.82) is 0 Å². The van der Waals surface area contributed by atoms with E-state index in [-0.39, 0.29) is 5.75 Å². The Morgan fingerprint density at radius 2 is 2.08 bits per heavy atom. The minimum atomic E-state index is -0.589. The summed E-state index contributed by atoms with van der Waals surface area (Å²) in [5, 5.41) is 19.9. The predicted molar refractivity (Wildman–Crippen MR) is 43.8 cm³/mol. The fourth-order valence-electron chi connectivity index (χ4n) is 0.769. The van der Waals surface area contributed by atoms with Gasteiger partial charge < -0.3 is 15.5 Å². The molecule has 64 valence electrons. The molecule has 0 aromatic heterocycles. The second-order valence-electron chi connectivity index (χ2n) is 2.22. The zero-order chi connectivity index (χ0) is 8.97. The number of amides is 1. The first-order chi connectivity index (χ1) is 5.74. The van der Waals surface area contributed by atoms with E-state index >= 15 is 0 Å². The molecular weight excluding hydrogens is 158 g/mol. The zero-order valence-electron chi connectivity index (χ0n) is 6.32. The highest BCUT2D eigenvalue weighted by Crippen LogP contribution is 2.20. The first-order valence-electron chi connectivity index (χ1n) is 3.42. The number of carbonyl (C=O) groups excluding carboxylic acids is 1. The first kappa shape index (κ1) is 8.55. The van der Waals surface area contributed by atoms with Crippen molar-refractivity contribution < 1.29 is 15.0 Å². The fourth-order valence-corrected chi connectivity index (χ4v) is 0.769. The molecule has 1 aromatic rings.